The largest absolute Gasteiger partial charge is 0.455 e. The molecule has 0 saturated carbocycles. The van der Waals surface area contributed by atoms with Gasteiger partial charge in [-0.3, -0.25) is 9.35 Å². The Hall–Kier alpha value is -5.53. The van der Waals surface area contributed by atoms with Gasteiger partial charge in [-0.05, 0) is 86.7 Å². The van der Waals surface area contributed by atoms with Gasteiger partial charge in [-0.25, -0.2) is 35.3 Å². The number of nitrogens with zero attached hydrogens (tertiary/aromatic N) is 5. The average Bonchev–Trinajstić information content (AvgIpc) is 3.26. The number of carbonyl (C=O) groups is 1. The molecule has 5 aliphatic heterocycles. The van der Waals surface area contributed by atoms with Crippen LogP contribution >= 0.6 is 0 Å². The number of fused-ring (bicyclic) bond motifs is 4. The summed E-state index contributed by atoms with van der Waals surface area (Å²) >= 11 is 0. The molecule has 4 aromatic rings. The van der Waals surface area contributed by atoms with Gasteiger partial charge in [0.2, 0.25) is 15.4 Å². The van der Waals surface area contributed by atoms with Crippen LogP contribution in [0.2, 0.25) is 0 Å². The number of amides is 1. The van der Waals surface area contributed by atoms with Crippen LogP contribution in [-0.4, -0.2) is 66.6 Å². The number of ether oxygens (including phenoxy) is 1. The SMILES string of the molecule is [N-]=[N+]=Nc1c(F)c(F)c(C(=O)NCCCCCNS(=O)(=O)c2ccc(C3=c4cc5c6c(c4Oc4c3cc3c7c4CCCN7CCC3)CCC[N+]=6CCC5)c(S(=O)(=O)O)c2)c(F)c1F. The number of carbonyl (C=O) groups excluding carboxylic acids is 1. The smallest absolute Gasteiger partial charge is 0.295 e. The Kier molecular flexibility index (Phi) is 11.2. The second kappa shape index (κ2) is 16.5. The lowest BCUT2D eigenvalue weighted by atomic mass is 9.82. The summed E-state index contributed by atoms with van der Waals surface area (Å²) in [5.41, 5.74) is 12.3. The second-order valence-corrected chi connectivity index (χ2v) is 19.5. The van der Waals surface area contributed by atoms with E-state index in [1.165, 1.54) is 23.2 Å². The van der Waals surface area contributed by atoms with E-state index >= 15 is 0 Å². The Balaban J connectivity index is 0.999. The van der Waals surface area contributed by atoms with E-state index in [1.807, 2.05) is 0 Å². The summed E-state index contributed by atoms with van der Waals surface area (Å²) < 4.78 is 134. The standard InChI is InChI=1S/C43H41F4N7O7S2/c44-34-33(35(45)37(47)38(36(34)46)51-52-48)43(55)49-14-2-1-3-15-50-62(56,57)25-12-13-26(31(22-25)63(58,59)60)32-29-20-23-8-4-16-53-18-6-10-27(39(23)53)41(29)61-42-28-11-7-19-54-17-5-9-24(40(28)54)21-30(32)42/h12-13,20-22,50H,1-11,14-19H2,(H-,49,55,58,59,60)/p+1. The number of halogens is 4. The van der Waals surface area contributed by atoms with Crippen molar-refractivity contribution >= 4 is 43.0 Å². The molecule has 9 rings (SSSR count). The molecule has 0 radical (unpaired) electrons. The molecule has 5 aliphatic rings. The number of unbranched alkanes of at least 4 members (excludes halogenated alkanes) is 2. The fraction of sp³-hybridized carbons (Fsp3) is 0.395. The molecule has 63 heavy (non-hydrogen) atoms. The van der Waals surface area contributed by atoms with Gasteiger partial charge >= 0.3 is 0 Å². The van der Waals surface area contributed by atoms with Crippen molar-refractivity contribution in [3.05, 3.63) is 114 Å². The number of azide groups is 1. The van der Waals surface area contributed by atoms with E-state index in [9.17, 15) is 43.7 Å². The van der Waals surface area contributed by atoms with Gasteiger partial charge in [-0.15, -0.1) is 0 Å². The van der Waals surface area contributed by atoms with E-state index in [-0.39, 0.29) is 37.9 Å². The van der Waals surface area contributed by atoms with Crippen molar-refractivity contribution in [2.24, 2.45) is 5.11 Å². The van der Waals surface area contributed by atoms with Gasteiger partial charge in [0.25, 0.3) is 16.0 Å². The van der Waals surface area contributed by atoms with E-state index in [0.717, 1.165) is 106 Å². The monoisotopic (exact) mass is 908 g/mol. The van der Waals surface area contributed by atoms with Crippen molar-refractivity contribution in [2.75, 3.05) is 44.2 Å². The van der Waals surface area contributed by atoms with Gasteiger partial charge in [-0.1, -0.05) is 17.6 Å². The Morgan fingerprint density at radius 1 is 0.825 bits per heavy atom. The second-order valence-electron chi connectivity index (χ2n) is 16.4. The van der Waals surface area contributed by atoms with E-state index in [0.29, 0.717) is 27.9 Å². The predicted molar refractivity (Wildman–Crippen MR) is 223 cm³/mol. The molecule has 1 amide bonds. The van der Waals surface area contributed by atoms with Crippen LogP contribution in [-0.2, 0) is 45.8 Å². The van der Waals surface area contributed by atoms with Gasteiger partial charge in [0.1, 0.15) is 40.7 Å². The third-order valence-electron chi connectivity index (χ3n) is 12.5. The molecule has 0 aromatic heterocycles. The summed E-state index contributed by atoms with van der Waals surface area (Å²) in [7, 11) is -9.37. The van der Waals surface area contributed by atoms with Crippen molar-refractivity contribution in [3.8, 4) is 11.5 Å². The summed E-state index contributed by atoms with van der Waals surface area (Å²) in [6, 6.07) is 7.85. The molecule has 5 heterocycles. The van der Waals surface area contributed by atoms with E-state index < -0.39 is 70.4 Å². The van der Waals surface area contributed by atoms with Crippen LogP contribution in [0.5, 0.6) is 11.5 Å². The maximum atomic E-state index is 14.4. The molecule has 0 spiro atoms. The van der Waals surface area contributed by atoms with Crippen LogP contribution in [0.15, 0.2) is 45.2 Å². The van der Waals surface area contributed by atoms with E-state index in [4.69, 9.17) is 10.3 Å². The molecule has 0 fully saturated rings. The van der Waals surface area contributed by atoms with Crippen LogP contribution in [0.3, 0.4) is 0 Å². The van der Waals surface area contributed by atoms with Crippen molar-refractivity contribution in [1.29, 1.82) is 0 Å². The number of rotatable bonds is 12. The number of benzene rings is 4. The first-order valence-electron chi connectivity index (χ1n) is 20.9. The van der Waals surface area contributed by atoms with E-state index in [1.54, 1.807) is 0 Å². The summed E-state index contributed by atoms with van der Waals surface area (Å²) in [5, 5.41) is 6.60. The average molecular weight is 909 g/mol. The highest BCUT2D eigenvalue weighted by atomic mass is 32.2. The predicted octanol–water partition coefficient (Wildman–Crippen LogP) is 5.75. The van der Waals surface area contributed by atoms with Crippen LogP contribution in [0.25, 0.3) is 16.0 Å². The van der Waals surface area contributed by atoms with Crippen LogP contribution in [0, 0.1) is 23.3 Å². The van der Waals surface area contributed by atoms with Gasteiger partial charge < -0.3 is 15.0 Å². The number of aryl methyl sites for hydroxylation is 2. The maximum Gasteiger partial charge on any atom is 0.295 e. The highest BCUT2D eigenvalue weighted by Gasteiger charge is 2.37. The Morgan fingerprint density at radius 2 is 1.51 bits per heavy atom. The molecule has 14 nitrogen and oxygen atoms in total. The molecule has 20 heteroatoms. The van der Waals surface area contributed by atoms with Gasteiger partial charge in [-0.2, -0.15) is 8.42 Å². The normalized spacial score (nSPS) is 16.3. The van der Waals surface area contributed by atoms with E-state index in [2.05, 4.69) is 41.7 Å². The molecule has 0 atom stereocenters. The molecular weight excluding hydrogens is 867 g/mol. The molecule has 4 aromatic carbocycles. The Bertz CT molecular complexity index is 3030. The summed E-state index contributed by atoms with van der Waals surface area (Å²) in [4.78, 5) is 15.9. The number of hydrogen-bond donors (Lipinski definition) is 3. The number of anilines is 1. The molecule has 0 unspecified atom stereocenters. The zero-order valence-corrected chi connectivity index (χ0v) is 35.5. The minimum Gasteiger partial charge on any atom is -0.455 e. The lowest BCUT2D eigenvalue weighted by Crippen LogP contribution is -2.45. The minimum absolute atomic E-state index is 0.134. The van der Waals surface area contributed by atoms with Gasteiger partial charge in [0, 0.05) is 82.7 Å². The molecular formula is C43H42F4N7O7S2+. The fourth-order valence-corrected chi connectivity index (χ4v) is 11.8. The number of sulfonamides is 1. The first kappa shape index (κ1) is 42.8. The van der Waals surface area contributed by atoms with Crippen LogP contribution in [0.4, 0.5) is 28.9 Å². The lowest BCUT2D eigenvalue weighted by molar-refractivity contribution is 0.0942. The lowest BCUT2D eigenvalue weighted by Gasteiger charge is -2.39. The fourth-order valence-electron chi connectivity index (χ4n) is 9.85. The maximum absolute atomic E-state index is 14.4. The molecule has 0 saturated heterocycles. The van der Waals surface area contributed by atoms with Crippen LogP contribution in [0.1, 0.15) is 88.7 Å². The zero-order chi connectivity index (χ0) is 44.4. The highest BCUT2D eigenvalue weighted by molar-refractivity contribution is 7.89. The quantitative estimate of drug-likeness (QED) is 0.0206. The number of hydrogen-bond acceptors (Lipinski definition) is 8. The molecule has 0 aliphatic carbocycles. The summed E-state index contributed by atoms with van der Waals surface area (Å²) in [6.07, 6.45) is 7.62. The Morgan fingerprint density at radius 3 is 2.24 bits per heavy atom. The molecule has 3 N–H and O–H groups in total. The van der Waals surface area contributed by atoms with Crippen LogP contribution < -0.4 is 34.8 Å². The number of nitrogens with one attached hydrogen (secondary N) is 2. The van der Waals surface area contributed by atoms with Crippen molar-refractivity contribution in [3.63, 3.8) is 0 Å². The van der Waals surface area contributed by atoms with Crippen molar-refractivity contribution in [1.82, 2.24) is 14.6 Å². The molecule has 0 bridgehead atoms. The van der Waals surface area contributed by atoms with Gasteiger partial charge in [0.05, 0.1) is 10.5 Å². The summed E-state index contributed by atoms with van der Waals surface area (Å²) in [6.45, 7) is 3.40. The zero-order valence-electron chi connectivity index (χ0n) is 33.9. The Labute approximate surface area is 359 Å². The third-order valence-corrected chi connectivity index (χ3v) is 14.9. The minimum atomic E-state index is -5.02. The topological polar surface area (TPSA) is 194 Å². The van der Waals surface area contributed by atoms with Crippen molar-refractivity contribution in [2.45, 2.75) is 80.4 Å². The van der Waals surface area contributed by atoms with Gasteiger partial charge in [0.15, 0.2) is 23.3 Å². The molecule has 330 valence electrons. The first-order valence-corrected chi connectivity index (χ1v) is 23.9. The van der Waals surface area contributed by atoms with Crippen molar-refractivity contribution < 1.29 is 48.5 Å². The highest BCUT2D eigenvalue weighted by Crippen LogP contribution is 2.49. The first-order chi connectivity index (χ1) is 30.2. The summed E-state index contributed by atoms with van der Waals surface area (Å²) in [5.74, 6) is -8.26. The third kappa shape index (κ3) is 7.50.